The van der Waals surface area contributed by atoms with Gasteiger partial charge in [-0.25, -0.2) is 9.59 Å². The van der Waals surface area contributed by atoms with Crippen molar-refractivity contribution in [2.45, 2.75) is 118 Å². The van der Waals surface area contributed by atoms with Gasteiger partial charge >= 0.3 is 12.2 Å². The van der Waals surface area contributed by atoms with E-state index in [1.807, 2.05) is 27.7 Å². The molecule has 0 aromatic carbocycles. The van der Waals surface area contributed by atoms with Crippen LogP contribution in [0, 0.1) is 5.41 Å². The molecule has 0 aliphatic heterocycles. The normalized spacial score (nSPS) is 14.5. The molecule has 1 atom stereocenters. The number of hydrogen-bond acceptors (Lipinski definition) is 6. The lowest BCUT2D eigenvalue weighted by Gasteiger charge is -2.42. The second-order valence-electron chi connectivity index (χ2n) is 11.8. The predicted octanol–water partition coefficient (Wildman–Crippen LogP) is 4.59. The zero-order chi connectivity index (χ0) is 25.1. The maximum atomic E-state index is 13.3. The maximum absolute atomic E-state index is 13.3. The van der Waals surface area contributed by atoms with E-state index >= 15 is 0 Å². The van der Waals surface area contributed by atoms with Crippen LogP contribution in [-0.2, 0) is 19.0 Å². The third-order valence-corrected chi connectivity index (χ3v) is 4.55. The number of rotatable bonds is 8. The SMILES string of the molecule is COC(C)(C)C(=O)C(NC(=O)OC(C)(C)C)C(C)(C)CC(C)(C)NC(=O)OC(C)(C)C. The van der Waals surface area contributed by atoms with Gasteiger partial charge in [0.25, 0.3) is 0 Å². The summed E-state index contributed by atoms with van der Waals surface area (Å²) in [5, 5.41) is 5.59. The first kappa shape index (κ1) is 29.2. The molecular formula is C23H44N2O6. The molecule has 0 aliphatic rings. The Morgan fingerprint density at radius 1 is 0.742 bits per heavy atom. The summed E-state index contributed by atoms with van der Waals surface area (Å²) in [6.45, 7) is 21.3. The molecule has 0 aromatic rings. The van der Waals surface area contributed by atoms with Gasteiger partial charge in [-0.15, -0.1) is 0 Å². The van der Waals surface area contributed by atoms with Crippen molar-refractivity contribution in [3.63, 3.8) is 0 Å². The van der Waals surface area contributed by atoms with Crippen LogP contribution in [0.25, 0.3) is 0 Å². The fourth-order valence-corrected chi connectivity index (χ4v) is 3.35. The molecule has 0 rings (SSSR count). The van der Waals surface area contributed by atoms with Gasteiger partial charge in [-0.3, -0.25) is 4.79 Å². The summed E-state index contributed by atoms with van der Waals surface area (Å²) >= 11 is 0. The fourth-order valence-electron chi connectivity index (χ4n) is 3.35. The Hall–Kier alpha value is -1.83. The van der Waals surface area contributed by atoms with Crippen molar-refractivity contribution < 1.29 is 28.6 Å². The van der Waals surface area contributed by atoms with Crippen LogP contribution in [0.5, 0.6) is 0 Å². The maximum Gasteiger partial charge on any atom is 0.408 e. The zero-order valence-corrected chi connectivity index (χ0v) is 21.7. The first-order valence-electron chi connectivity index (χ1n) is 10.6. The minimum Gasteiger partial charge on any atom is -0.444 e. The quantitative estimate of drug-likeness (QED) is 0.567. The highest BCUT2D eigenvalue weighted by molar-refractivity contribution is 5.94. The summed E-state index contributed by atoms with van der Waals surface area (Å²) in [6.07, 6.45) is -0.872. The van der Waals surface area contributed by atoms with Gasteiger partial charge in [0.2, 0.25) is 0 Å². The van der Waals surface area contributed by atoms with E-state index in [1.165, 1.54) is 7.11 Å². The molecule has 1 unspecified atom stereocenters. The fraction of sp³-hybridized carbons (Fsp3) is 0.870. The summed E-state index contributed by atoms with van der Waals surface area (Å²) in [7, 11) is 1.45. The number of alkyl carbamates (subject to hydrolysis) is 2. The molecule has 2 N–H and O–H groups in total. The molecule has 8 nitrogen and oxygen atoms in total. The molecule has 2 amide bonds. The average Bonchev–Trinajstić information content (AvgIpc) is 2.46. The highest BCUT2D eigenvalue weighted by Crippen LogP contribution is 2.34. The molecule has 0 heterocycles. The van der Waals surface area contributed by atoms with E-state index in [0.717, 1.165) is 0 Å². The van der Waals surface area contributed by atoms with Crippen molar-refractivity contribution in [3.05, 3.63) is 0 Å². The summed E-state index contributed by atoms with van der Waals surface area (Å²) in [5.41, 5.74) is -3.95. The molecular weight excluding hydrogens is 400 g/mol. The van der Waals surface area contributed by atoms with Crippen molar-refractivity contribution in [1.29, 1.82) is 0 Å². The van der Waals surface area contributed by atoms with Crippen molar-refractivity contribution >= 4 is 18.0 Å². The van der Waals surface area contributed by atoms with Gasteiger partial charge in [0.15, 0.2) is 5.78 Å². The molecule has 31 heavy (non-hydrogen) atoms. The Labute approximate surface area is 188 Å². The summed E-state index contributed by atoms with van der Waals surface area (Å²) in [4.78, 5) is 38.1. The van der Waals surface area contributed by atoms with E-state index in [0.29, 0.717) is 6.42 Å². The van der Waals surface area contributed by atoms with Crippen LogP contribution in [0.4, 0.5) is 9.59 Å². The number of methoxy groups -OCH3 is 1. The van der Waals surface area contributed by atoms with Gasteiger partial charge in [-0.2, -0.15) is 0 Å². The van der Waals surface area contributed by atoms with Gasteiger partial charge in [0.05, 0.1) is 6.04 Å². The van der Waals surface area contributed by atoms with Crippen molar-refractivity contribution in [1.82, 2.24) is 10.6 Å². The Balaban J connectivity index is 5.77. The summed E-state index contributed by atoms with van der Waals surface area (Å²) in [5.74, 6) is -0.293. The first-order chi connectivity index (χ1) is 13.5. The smallest absolute Gasteiger partial charge is 0.408 e. The van der Waals surface area contributed by atoms with Crippen LogP contribution < -0.4 is 10.6 Å². The number of carbonyl (C=O) groups is 3. The van der Waals surface area contributed by atoms with Gasteiger partial charge in [0.1, 0.15) is 16.8 Å². The van der Waals surface area contributed by atoms with Gasteiger partial charge in [0, 0.05) is 12.6 Å². The molecule has 8 heteroatoms. The third kappa shape index (κ3) is 10.8. The van der Waals surface area contributed by atoms with E-state index in [9.17, 15) is 14.4 Å². The second-order valence-corrected chi connectivity index (χ2v) is 11.8. The number of ether oxygens (including phenoxy) is 3. The van der Waals surface area contributed by atoms with E-state index in [-0.39, 0.29) is 5.78 Å². The van der Waals surface area contributed by atoms with Crippen molar-refractivity contribution in [3.8, 4) is 0 Å². The molecule has 0 aromatic heterocycles. The van der Waals surface area contributed by atoms with Crippen LogP contribution in [0.1, 0.15) is 89.5 Å². The highest BCUT2D eigenvalue weighted by Gasteiger charge is 2.46. The largest absolute Gasteiger partial charge is 0.444 e. The molecule has 0 saturated heterocycles. The zero-order valence-electron chi connectivity index (χ0n) is 21.7. The molecule has 0 fully saturated rings. The standard InChI is InChI=1S/C23H44N2O6/c1-19(2,3)30-17(27)24-15(16(26)23(11,12)29-13)21(7,8)14-22(9,10)25-18(28)31-20(4,5)6/h15H,14H2,1-13H3,(H,24,27)(H,25,28). The molecule has 0 bridgehead atoms. The van der Waals surface area contributed by atoms with E-state index in [2.05, 4.69) is 10.6 Å². The monoisotopic (exact) mass is 444 g/mol. The van der Waals surface area contributed by atoms with Crippen molar-refractivity contribution in [2.75, 3.05) is 7.11 Å². The van der Waals surface area contributed by atoms with Crippen LogP contribution >= 0.6 is 0 Å². The summed E-state index contributed by atoms with van der Waals surface area (Å²) in [6, 6.07) is -0.919. The number of ketones is 1. The van der Waals surface area contributed by atoms with E-state index < -0.39 is 46.0 Å². The van der Waals surface area contributed by atoms with E-state index in [4.69, 9.17) is 14.2 Å². The number of hydrogen-bond donors (Lipinski definition) is 2. The van der Waals surface area contributed by atoms with Crippen LogP contribution in [0.15, 0.2) is 0 Å². The van der Waals surface area contributed by atoms with Crippen molar-refractivity contribution in [2.24, 2.45) is 5.41 Å². The highest BCUT2D eigenvalue weighted by atomic mass is 16.6. The lowest BCUT2D eigenvalue weighted by atomic mass is 9.71. The second kappa shape index (κ2) is 9.76. The Kier molecular flexibility index (Phi) is 9.18. The molecule has 0 spiro atoms. The number of carbonyl (C=O) groups excluding carboxylic acids is 3. The predicted molar refractivity (Wildman–Crippen MR) is 121 cm³/mol. The third-order valence-electron chi connectivity index (χ3n) is 4.55. The molecule has 0 radical (unpaired) electrons. The average molecular weight is 445 g/mol. The molecule has 182 valence electrons. The number of Topliss-reactive ketones (excluding diaryl/α,β-unsaturated/α-hetero) is 1. The number of amides is 2. The minimum atomic E-state index is -1.13. The van der Waals surface area contributed by atoms with Crippen LogP contribution in [0.3, 0.4) is 0 Å². The lowest BCUT2D eigenvalue weighted by molar-refractivity contribution is -0.142. The topological polar surface area (TPSA) is 103 Å². The first-order valence-corrected chi connectivity index (χ1v) is 10.6. The minimum absolute atomic E-state index is 0.293. The Morgan fingerprint density at radius 2 is 1.16 bits per heavy atom. The molecule has 0 aliphatic carbocycles. The van der Waals surface area contributed by atoms with Gasteiger partial charge in [-0.1, -0.05) is 13.8 Å². The Morgan fingerprint density at radius 3 is 1.55 bits per heavy atom. The van der Waals surface area contributed by atoms with Crippen LogP contribution in [0.2, 0.25) is 0 Å². The van der Waals surface area contributed by atoms with Crippen LogP contribution in [-0.4, -0.2) is 53.5 Å². The van der Waals surface area contributed by atoms with Gasteiger partial charge in [-0.05, 0) is 81.1 Å². The summed E-state index contributed by atoms with van der Waals surface area (Å²) < 4.78 is 16.1. The number of nitrogens with one attached hydrogen (secondary N) is 2. The lowest BCUT2D eigenvalue weighted by Crippen LogP contribution is -2.60. The molecule has 0 saturated carbocycles. The van der Waals surface area contributed by atoms with Gasteiger partial charge < -0.3 is 24.8 Å². The Bertz CT molecular complexity index is 654. The van der Waals surface area contributed by atoms with E-state index in [1.54, 1.807) is 55.4 Å².